The molecule has 148 valence electrons. The molecule has 2 aromatic rings. The van der Waals surface area contributed by atoms with Crippen LogP contribution in [0.2, 0.25) is 0 Å². The van der Waals surface area contributed by atoms with Crippen LogP contribution in [0.1, 0.15) is 55.8 Å². The molecule has 0 aliphatic carbocycles. The first-order valence-electron chi connectivity index (χ1n) is 9.08. The van der Waals surface area contributed by atoms with E-state index in [1.807, 2.05) is 45.0 Å². The summed E-state index contributed by atoms with van der Waals surface area (Å²) in [5.74, 6) is 1.60. The smallest absolute Gasteiger partial charge is 0.241 e. The number of hydrogen-bond donors (Lipinski definition) is 1. The topological polar surface area (TPSA) is 64.6 Å². The van der Waals surface area contributed by atoms with Gasteiger partial charge in [0, 0.05) is 6.04 Å². The molecule has 0 amide bonds. The molecule has 0 aliphatic heterocycles. The molecule has 0 fully saturated rings. The fraction of sp³-hybridized carbons (Fsp3) is 0.429. The Morgan fingerprint density at radius 3 is 2.15 bits per heavy atom. The normalized spacial score (nSPS) is 12.9. The number of benzene rings is 2. The third kappa shape index (κ3) is 4.82. The molecule has 1 unspecified atom stereocenters. The Morgan fingerprint density at radius 2 is 1.67 bits per heavy atom. The lowest BCUT2D eigenvalue weighted by atomic mass is 10.0. The van der Waals surface area contributed by atoms with E-state index in [4.69, 9.17) is 9.47 Å². The molecular weight excluding hydrogens is 362 g/mol. The number of hydrogen-bond acceptors (Lipinski definition) is 4. The van der Waals surface area contributed by atoms with Crippen molar-refractivity contribution < 1.29 is 17.9 Å². The summed E-state index contributed by atoms with van der Waals surface area (Å²) < 4.78 is 39.7. The average molecular weight is 392 g/mol. The van der Waals surface area contributed by atoms with Gasteiger partial charge < -0.3 is 9.47 Å². The van der Waals surface area contributed by atoms with Crippen LogP contribution in [0.15, 0.2) is 41.3 Å². The summed E-state index contributed by atoms with van der Waals surface area (Å²) in [7, 11) is -0.478. The molecule has 0 saturated carbocycles. The van der Waals surface area contributed by atoms with Crippen molar-refractivity contribution in [2.24, 2.45) is 0 Å². The zero-order valence-corrected chi connectivity index (χ0v) is 17.7. The van der Waals surface area contributed by atoms with Gasteiger partial charge in [0.05, 0.1) is 19.1 Å². The van der Waals surface area contributed by atoms with E-state index in [1.165, 1.54) is 0 Å². The molecule has 1 atom stereocenters. The van der Waals surface area contributed by atoms with E-state index in [0.29, 0.717) is 22.6 Å². The lowest BCUT2D eigenvalue weighted by Gasteiger charge is -2.20. The molecule has 0 saturated heterocycles. The van der Waals surface area contributed by atoms with Crippen molar-refractivity contribution in [1.29, 1.82) is 0 Å². The predicted molar refractivity (Wildman–Crippen MR) is 108 cm³/mol. The van der Waals surface area contributed by atoms with Gasteiger partial charge in [0.15, 0.2) is 0 Å². The van der Waals surface area contributed by atoms with Gasteiger partial charge in [-0.2, -0.15) is 0 Å². The number of nitrogens with one attached hydrogen (secondary N) is 1. The van der Waals surface area contributed by atoms with Gasteiger partial charge in [0.1, 0.15) is 11.5 Å². The van der Waals surface area contributed by atoms with Crippen LogP contribution < -0.4 is 14.2 Å². The first-order valence-corrected chi connectivity index (χ1v) is 10.6. The Bertz CT molecular complexity index is 874. The highest BCUT2D eigenvalue weighted by Crippen LogP contribution is 2.32. The summed E-state index contributed by atoms with van der Waals surface area (Å²) in [6.07, 6.45) is 0.637. The van der Waals surface area contributed by atoms with Crippen molar-refractivity contribution in [3.8, 4) is 11.5 Å². The van der Waals surface area contributed by atoms with Gasteiger partial charge in [-0.05, 0) is 60.2 Å². The first kappa shape index (κ1) is 21.3. The molecule has 27 heavy (non-hydrogen) atoms. The number of rotatable bonds is 8. The van der Waals surface area contributed by atoms with E-state index in [1.54, 1.807) is 33.3 Å². The summed E-state index contributed by atoms with van der Waals surface area (Å²) in [4.78, 5) is 0.291. The van der Waals surface area contributed by atoms with Crippen molar-refractivity contribution in [2.45, 2.75) is 51.0 Å². The van der Waals surface area contributed by atoms with Crippen LogP contribution in [0, 0.1) is 6.92 Å². The number of sulfonamides is 1. The second-order valence-electron chi connectivity index (χ2n) is 6.87. The number of ether oxygens (including phenoxy) is 2. The van der Waals surface area contributed by atoms with Gasteiger partial charge in [-0.3, -0.25) is 0 Å². The van der Waals surface area contributed by atoms with Gasteiger partial charge in [-0.25, -0.2) is 13.1 Å². The summed E-state index contributed by atoms with van der Waals surface area (Å²) in [5, 5.41) is 0. The maximum absolute atomic E-state index is 13.1. The third-order valence-corrected chi connectivity index (χ3v) is 6.28. The van der Waals surface area contributed by atoms with Crippen LogP contribution in [-0.2, 0) is 10.0 Å². The van der Waals surface area contributed by atoms with Crippen molar-refractivity contribution in [2.75, 3.05) is 14.2 Å². The number of methoxy groups -OCH3 is 2. The molecule has 2 aromatic carbocycles. The van der Waals surface area contributed by atoms with Gasteiger partial charge in [0.25, 0.3) is 0 Å². The maximum atomic E-state index is 13.1. The largest absolute Gasteiger partial charge is 0.497 e. The van der Waals surface area contributed by atoms with Crippen LogP contribution in [-0.4, -0.2) is 22.6 Å². The van der Waals surface area contributed by atoms with Crippen molar-refractivity contribution >= 4 is 10.0 Å². The lowest BCUT2D eigenvalue weighted by molar-refractivity contribution is 0.406. The standard InChI is InChI=1S/C21H29NO4S/c1-7-19(16-8-10-17(25-5)11-9-16)22-27(23,24)21-13-18(14(2)3)20(26-6)12-15(21)4/h8-14,19,22H,7H2,1-6H3. The lowest BCUT2D eigenvalue weighted by Crippen LogP contribution is -2.29. The summed E-state index contributed by atoms with van der Waals surface area (Å²) in [5.41, 5.74) is 2.44. The van der Waals surface area contributed by atoms with Crippen LogP contribution in [0.4, 0.5) is 0 Å². The highest BCUT2D eigenvalue weighted by atomic mass is 32.2. The SMILES string of the molecule is CCC(NS(=O)(=O)c1cc(C(C)C)c(OC)cc1C)c1ccc(OC)cc1. The summed E-state index contributed by atoms with van der Waals surface area (Å²) in [6, 6.07) is 10.6. The zero-order valence-electron chi connectivity index (χ0n) is 16.9. The molecule has 1 N–H and O–H groups in total. The maximum Gasteiger partial charge on any atom is 0.241 e. The Morgan fingerprint density at radius 1 is 1.04 bits per heavy atom. The Labute approximate surface area is 162 Å². The third-order valence-electron chi connectivity index (χ3n) is 4.66. The molecule has 5 nitrogen and oxygen atoms in total. The molecule has 6 heteroatoms. The van der Waals surface area contributed by atoms with Crippen LogP contribution in [0.25, 0.3) is 0 Å². The second-order valence-corrected chi connectivity index (χ2v) is 8.55. The minimum Gasteiger partial charge on any atom is -0.497 e. The van der Waals surface area contributed by atoms with E-state index in [9.17, 15) is 8.42 Å². The molecular formula is C21H29NO4S. The first-order chi connectivity index (χ1) is 12.7. The number of aryl methyl sites for hydroxylation is 1. The Hall–Kier alpha value is -2.05. The molecule has 0 radical (unpaired) electrons. The van der Waals surface area contributed by atoms with Crippen molar-refractivity contribution in [3.05, 3.63) is 53.1 Å². The molecule has 0 aromatic heterocycles. The van der Waals surface area contributed by atoms with Crippen molar-refractivity contribution in [3.63, 3.8) is 0 Å². The van der Waals surface area contributed by atoms with Gasteiger partial charge in [0.2, 0.25) is 10.0 Å². The second kappa shape index (κ2) is 8.76. The summed E-state index contributed by atoms with van der Waals surface area (Å²) >= 11 is 0. The monoisotopic (exact) mass is 391 g/mol. The minimum atomic E-state index is -3.68. The predicted octanol–water partition coefficient (Wildman–Crippen LogP) is 4.57. The average Bonchev–Trinajstić information content (AvgIpc) is 2.65. The van der Waals surface area contributed by atoms with Gasteiger partial charge in [-0.1, -0.05) is 32.9 Å². The highest BCUT2D eigenvalue weighted by molar-refractivity contribution is 7.89. The minimum absolute atomic E-state index is 0.151. The Kier molecular flexibility index (Phi) is 6.89. The molecule has 0 aliphatic rings. The fourth-order valence-electron chi connectivity index (χ4n) is 3.07. The van der Waals surface area contributed by atoms with E-state index < -0.39 is 10.0 Å². The van der Waals surface area contributed by atoms with E-state index >= 15 is 0 Å². The highest BCUT2D eigenvalue weighted by Gasteiger charge is 2.24. The van der Waals surface area contributed by atoms with E-state index in [-0.39, 0.29) is 12.0 Å². The van der Waals surface area contributed by atoms with Gasteiger partial charge >= 0.3 is 0 Å². The van der Waals surface area contributed by atoms with Crippen LogP contribution >= 0.6 is 0 Å². The van der Waals surface area contributed by atoms with E-state index in [0.717, 1.165) is 16.9 Å². The summed E-state index contributed by atoms with van der Waals surface area (Å²) in [6.45, 7) is 7.78. The molecule has 2 rings (SSSR count). The quantitative estimate of drug-likeness (QED) is 0.716. The Balaban J connectivity index is 2.40. The van der Waals surface area contributed by atoms with Crippen LogP contribution in [0.3, 0.4) is 0 Å². The van der Waals surface area contributed by atoms with E-state index in [2.05, 4.69) is 4.72 Å². The van der Waals surface area contributed by atoms with Crippen LogP contribution in [0.5, 0.6) is 11.5 Å². The molecule has 0 heterocycles. The fourth-order valence-corrected chi connectivity index (χ4v) is 4.64. The van der Waals surface area contributed by atoms with Gasteiger partial charge in [-0.15, -0.1) is 0 Å². The molecule has 0 bridgehead atoms. The van der Waals surface area contributed by atoms with Crippen molar-refractivity contribution in [1.82, 2.24) is 4.72 Å². The molecule has 0 spiro atoms. The zero-order chi connectivity index (χ0) is 20.2.